The fourth-order valence-electron chi connectivity index (χ4n) is 3.44. The van der Waals surface area contributed by atoms with Crippen LogP contribution in [0.1, 0.15) is 17.3 Å². The first-order valence-electron chi connectivity index (χ1n) is 10.1. The summed E-state index contributed by atoms with van der Waals surface area (Å²) in [5.41, 5.74) is 2.34. The van der Waals surface area contributed by atoms with E-state index in [0.29, 0.717) is 33.7 Å². The van der Waals surface area contributed by atoms with Crippen molar-refractivity contribution in [1.82, 2.24) is 10.3 Å². The van der Waals surface area contributed by atoms with Gasteiger partial charge in [0.15, 0.2) is 0 Å². The predicted octanol–water partition coefficient (Wildman–Crippen LogP) is 4.67. The standard InChI is InChI=1S/C23H23ClFN5O/c1-15-14-30(11-10-26-15)22-9-2-16(13-27-22)23(31)29-19-7-8-20(24)21(12-19)28-18-5-3-17(25)4-6-18/h2-9,12-13,15,26,28H,10-11,14H2,1H3,(H,29,31). The molecule has 0 radical (unpaired) electrons. The number of piperazine rings is 1. The number of halogens is 2. The van der Waals surface area contributed by atoms with Crippen molar-refractivity contribution in [3.63, 3.8) is 0 Å². The summed E-state index contributed by atoms with van der Waals surface area (Å²) in [6, 6.07) is 15.1. The van der Waals surface area contributed by atoms with Gasteiger partial charge in [-0.2, -0.15) is 0 Å². The number of anilines is 4. The minimum absolute atomic E-state index is 0.261. The van der Waals surface area contributed by atoms with Crippen molar-refractivity contribution >= 4 is 40.4 Å². The van der Waals surface area contributed by atoms with Gasteiger partial charge in [-0.3, -0.25) is 4.79 Å². The second-order valence-corrected chi connectivity index (χ2v) is 7.89. The van der Waals surface area contributed by atoms with E-state index in [0.717, 1.165) is 25.5 Å². The molecule has 3 aromatic rings. The second kappa shape index (κ2) is 9.32. The molecule has 0 spiro atoms. The summed E-state index contributed by atoms with van der Waals surface area (Å²) in [6.45, 7) is 4.82. The number of hydrogen-bond acceptors (Lipinski definition) is 5. The van der Waals surface area contributed by atoms with Crippen LogP contribution in [-0.4, -0.2) is 36.6 Å². The molecule has 160 valence electrons. The molecular weight excluding hydrogens is 417 g/mol. The minimum Gasteiger partial charge on any atom is -0.354 e. The highest BCUT2D eigenvalue weighted by molar-refractivity contribution is 6.33. The zero-order valence-corrected chi connectivity index (χ0v) is 17.8. The first-order valence-corrected chi connectivity index (χ1v) is 10.4. The van der Waals surface area contributed by atoms with E-state index in [2.05, 4.69) is 32.8 Å². The van der Waals surface area contributed by atoms with Gasteiger partial charge in [-0.05, 0) is 61.5 Å². The lowest BCUT2D eigenvalue weighted by Gasteiger charge is -2.32. The SMILES string of the molecule is CC1CN(c2ccc(C(=O)Nc3ccc(Cl)c(Nc4ccc(F)cc4)c3)cn2)CCN1. The Balaban J connectivity index is 1.44. The van der Waals surface area contributed by atoms with E-state index >= 15 is 0 Å². The van der Waals surface area contributed by atoms with Gasteiger partial charge in [0.25, 0.3) is 5.91 Å². The third kappa shape index (κ3) is 5.31. The molecule has 3 N–H and O–H groups in total. The number of nitrogens with zero attached hydrogens (tertiary/aromatic N) is 2. The van der Waals surface area contributed by atoms with Crippen LogP contribution in [0.3, 0.4) is 0 Å². The molecule has 4 rings (SSSR count). The van der Waals surface area contributed by atoms with Gasteiger partial charge in [0, 0.05) is 43.2 Å². The van der Waals surface area contributed by atoms with Crippen molar-refractivity contribution in [2.24, 2.45) is 0 Å². The zero-order chi connectivity index (χ0) is 21.8. The maximum absolute atomic E-state index is 13.1. The fraction of sp³-hybridized carbons (Fsp3) is 0.217. The normalized spacial score (nSPS) is 16.1. The van der Waals surface area contributed by atoms with Crippen molar-refractivity contribution < 1.29 is 9.18 Å². The Bertz CT molecular complexity index is 1060. The molecule has 1 amide bonds. The highest BCUT2D eigenvalue weighted by Crippen LogP contribution is 2.29. The van der Waals surface area contributed by atoms with Gasteiger partial charge < -0.3 is 20.9 Å². The predicted molar refractivity (Wildman–Crippen MR) is 123 cm³/mol. The molecule has 1 aromatic heterocycles. The lowest BCUT2D eigenvalue weighted by Crippen LogP contribution is -2.49. The summed E-state index contributed by atoms with van der Waals surface area (Å²) in [5.74, 6) is 0.286. The van der Waals surface area contributed by atoms with Crippen LogP contribution in [-0.2, 0) is 0 Å². The molecule has 0 bridgehead atoms. The van der Waals surface area contributed by atoms with Crippen molar-refractivity contribution in [1.29, 1.82) is 0 Å². The molecule has 0 saturated carbocycles. The van der Waals surface area contributed by atoms with Crippen LogP contribution in [0.2, 0.25) is 5.02 Å². The molecule has 2 aromatic carbocycles. The molecule has 1 aliphatic rings. The topological polar surface area (TPSA) is 69.3 Å². The number of carbonyl (C=O) groups is 1. The molecular formula is C23H23ClFN5O. The molecule has 0 aliphatic carbocycles. The number of amides is 1. The van der Waals surface area contributed by atoms with E-state index in [1.54, 1.807) is 42.6 Å². The van der Waals surface area contributed by atoms with Gasteiger partial charge >= 0.3 is 0 Å². The van der Waals surface area contributed by atoms with E-state index in [9.17, 15) is 9.18 Å². The fourth-order valence-corrected chi connectivity index (χ4v) is 3.60. The number of carbonyl (C=O) groups excluding carboxylic acids is 1. The van der Waals surface area contributed by atoms with Crippen molar-refractivity contribution in [3.05, 3.63) is 77.2 Å². The zero-order valence-electron chi connectivity index (χ0n) is 17.0. The quantitative estimate of drug-likeness (QED) is 0.539. The Hall–Kier alpha value is -3.16. The van der Waals surface area contributed by atoms with Gasteiger partial charge in [-0.1, -0.05) is 11.6 Å². The summed E-state index contributed by atoms with van der Waals surface area (Å²) in [4.78, 5) is 19.3. The molecule has 31 heavy (non-hydrogen) atoms. The van der Waals surface area contributed by atoms with Gasteiger partial charge in [-0.25, -0.2) is 9.37 Å². The maximum Gasteiger partial charge on any atom is 0.257 e. The van der Waals surface area contributed by atoms with Crippen LogP contribution < -0.4 is 20.9 Å². The average Bonchev–Trinajstić information content (AvgIpc) is 2.78. The summed E-state index contributed by atoms with van der Waals surface area (Å²) >= 11 is 6.26. The van der Waals surface area contributed by atoms with E-state index in [1.165, 1.54) is 12.1 Å². The number of aromatic nitrogens is 1. The van der Waals surface area contributed by atoms with E-state index in [4.69, 9.17) is 11.6 Å². The molecule has 8 heteroatoms. The monoisotopic (exact) mass is 439 g/mol. The molecule has 6 nitrogen and oxygen atoms in total. The van der Waals surface area contributed by atoms with Crippen LogP contribution in [0.5, 0.6) is 0 Å². The Morgan fingerprint density at radius 1 is 1.16 bits per heavy atom. The van der Waals surface area contributed by atoms with Crippen LogP contribution in [0.25, 0.3) is 0 Å². The van der Waals surface area contributed by atoms with Crippen LogP contribution in [0.15, 0.2) is 60.8 Å². The first kappa shape index (κ1) is 21.1. The van der Waals surface area contributed by atoms with Crippen molar-refractivity contribution in [3.8, 4) is 0 Å². The van der Waals surface area contributed by atoms with E-state index in [1.807, 2.05) is 6.07 Å². The third-order valence-electron chi connectivity index (χ3n) is 5.05. The van der Waals surface area contributed by atoms with Crippen LogP contribution in [0, 0.1) is 5.82 Å². The number of rotatable bonds is 5. The molecule has 1 fully saturated rings. The third-order valence-corrected chi connectivity index (χ3v) is 5.38. The lowest BCUT2D eigenvalue weighted by atomic mass is 10.2. The Labute approximate surface area is 185 Å². The summed E-state index contributed by atoms with van der Waals surface area (Å²) < 4.78 is 13.1. The Kier molecular flexibility index (Phi) is 6.34. The molecule has 1 aliphatic heterocycles. The van der Waals surface area contributed by atoms with Gasteiger partial charge in [0.2, 0.25) is 0 Å². The molecule has 1 unspecified atom stereocenters. The second-order valence-electron chi connectivity index (χ2n) is 7.49. The summed E-state index contributed by atoms with van der Waals surface area (Å²) in [6.07, 6.45) is 1.59. The highest BCUT2D eigenvalue weighted by atomic mass is 35.5. The van der Waals surface area contributed by atoms with Gasteiger partial charge in [-0.15, -0.1) is 0 Å². The molecule has 2 heterocycles. The molecule has 1 saturated heterocycles. The maximum atomic E-state index is 13.1. The van der Waals surface area contributed by atoms with Crippen molar-refractivity contribution in [2.45, 2.75) is 13.0 Å². The Morgan fingerprint density at radius 3 is 2.65 bits per heavy atom. The first-order chi connectivity index (χ1) is 15.0. The Morgan fingerprint density at radius 2 is 1.94 bits per heavy atom. The number of nitrogens with one attached hydrogen (secondary N) is 3. The van der Waals surface area contributed by atoms with E-state index in [-0.39, 0.29) is 11.7 Å². The van der Waals surface area contributed by atoms with Crippen molar-refractivity contribution in [2.75, 3.05) is 35.2 Å². The van der Waals surface area contributed by atoms with Gasteiger partial charge in [0.05, 0.1) is 16.3 Å². The van der Waals surface area contributed by atoms with E-state index < -0.39 is 0 Å². The minimum atomic E-state index is -0.316. The largest absolute Gasteiger partial charge is 0.354 e. The van der Waals surface area contributed by atoms with Crippen LogP contribution in [0.4, 0.5) is 27.3 Å². The highest BCUT2D eigenvalue weighted by Gasteiger charge is 2.17. The number of hydrogen-bond donors (Lipinski definition) is 3. The summed E-state index contributed by atoms with van der Waals surface area (Å²) in [7, 11) is 0. The van der Waals surface area contributed by atoms with Crippen LogP contribution >= 0.6 is 11.6 Å². The number of pyridine rings is 1. The number of benzene rings is 2. The smallest absolute Gasteiger partial charge is 0.257 e. The van der Waals surface area contributed by atoms with Gasteiger partial charge in [0.1, 0.15) is 11.6 Å². The molecule has 1 atom stereocenters. The lowest BCUT2D eigenvalue weighted by molar-refractivity contribution is 0.102. The summed E-state index contributed by atoms with van der Waals surface area (Å²) in [5, 5.41) is 9.88. The average molecular weight is 440 g/mol.